The van der Waals surface area contributed by atoms with E-state index in [1.807, 2.05) is 24.3 Å². The van der Waals surface area contributed by atoms with Crippen LogP contribution >= 0.6 is 11.6 Å². The van der Waals surface area contributed by atoms with E-state index in [0.717, 1.165) is 28.8 Å². The zero-order valence-corrected chi connectivity index (χ0v) is 17.9. The van der Waals surface area contributed by atoms with Crippen LogP contribution in [0.15, 0.2) is 59.8 Å². The van der Waals surface area contributed by atoms with Gasteiger partial charge in [-0.3, -0.25) is 4.79 Å². The largest absolute Gasteiger partial charge is 0.328 e. The highest BCUT2D eigenvalue weighted by molar-refractivity contribution is 6.30. The first-order chi connectivity index (χ1) is 14.8. The summed E-state index contributed by atoms with van der Waals surface area (Å²) in [5.41, 5.74) is 3.82. The van der Waals surface area contributed by atoms with Crippen LogP contribution in [0.4, 0.5) is 5.95 Å². The van der Waals surface area contributed by atoms with Gasteiger partial charge >= 0.3 is 0 Å². The third kappa shape index (κ3) is 3.41. The molecule has 3 aromatic rings. The first kappa shape index (κ1) is 19.5. The molecule has 2 heterocycles. The Hall–Kier alpha value is -3.43. The number of ketones is 1. The highest BCUT2D eigenvalue weighted by Gasteiger charge is 2.41. The van der Waals surface area contributed by atoms with Crippen LogP contribution in [0.25, 0.3) is 11.4 Å². The number of fused-ring (bicyclic) bond motifs is 1. The number of benzene rings is 2. The van der Waals surface area contributed by atoms with Gasteiger partial charge in [0.25, 0.3) is 0 Å². The van der Waals surface area contributed by atoms with Crippen LogP contribution in [-0.4, -0.2) is 20.5 Å². The second-order valence-corrected chi connectivity index (χ2v) is 9.24. The minimum Gasteiger partial charge on any atom is -0.328 e. The van der Waals surface area contributed by atoms with Crippen LogP contribution in [0.2, 0.25) is 5.02 Å². The first-order valence-corrected chi connectivity index (χ1v) is 10.5. The molecular formula is C24H20ClN5O. The van der Waals surface area contributed by atoms with Gasteiger partial charge in [0.2, 0.25) is 5.95 Å². The van der Waals surface area contributed by atoms with Crippen LogP contribution < -0.4 is 5.32 Å². The molecule has 5 rings (SSSR count). The number of carbonyl (C=O) groups excluding carboxylic acids is 1. The van der Waals surface area contributed by atoms with Crippen molar-refractivity contribution in [1.82, 2.24) is 14.8 Å². The van der Waals surface area contributed by atoms with Gasteiger partial charge in [-0.15, -0.1) is 5.10 Å². The number of Topliss-reactive ketones (excluding diaryl/α,β-unsaturated/α-hetero) is 1. The Morgan fingerprint density at radius 2 is 1.84 bits per heavy atom. The summed E-state index contributed by atoms with van der Waals surface area (Å²) in [5.74, 6) is 1.27. The second kappa shape index (κ2) is 7.07. The fourth-order valence-corrected chi connectivity index (χ4v) is 4.50. The number of nitriles is 1. The van der Waals surface area contributed by atoms with E-state index in [9.17, 15) is 10.1 Å². The molecule has 0 fully saturated rings. The van der Waals surface area contributed by atoms with E-state index in [0.29, 0.717) is 28.8 Å². The fraction of sp³-hybridized carbons (Fsp3) is 0.250. The lowest BCUT2D eigenvalue weighted by atomic mass is 9.73. The number of nitrogens with one attached hydrogen (secondary N) is 1. The van der Waals surface area contributed by atoms with Crippen molar-refractivity contribution in [3.63, 3.8) is 0 Å². The molecule has 0 saturated heterocycles. The van der Waals surface area contributed by atoms with Gasteiger partial charge in [0.05, 0.1) is 11.6 Å². The van der Waals surface area contributed by atoms with Crippen molar-refractivity contribution in [1.29, 1.82) is 5.26 Å². The Balaban J connectivity index is 1.67. The molecular weight excluding hydrogens is 410 g/mol. The van der Waals surface area contributed by atoms with E-state index < -0.39 is 6.04 Å². The standard InChI is InChI=1S/C24H20ClN5O/c1-24(2)11-18-20(19(31)12-24)21(15-5-3-14(13-26)4-6-15)30-23(27-18)28-22(29-30)16-7-9-17(25)10-8-16/h3-10,21H,11-12H2,1-2H3,(H,27,28,29). The lowest BCUT2D eigenvalue weighted by Crippen LogP contribution is -2.36. The number of hydrogen-bond donors (Lipinski definition) is 1. The summed E-state index contributed by atoms with van der Waals surface area (Å²) in [4.78, 5) is 18.0. The first-order valence-electron chi connectivity index (χ1n) is 10.1. The van der Waals surface area contributed by atoms with Crippen LogP contribution in [0.5, 0.6) is 0 Å². The molecule has 0 spiro atoms. The highest BCUT2D eigenvalue weighted by atomic mass is 35.5. The third-order valence-corrected chi connectivity index (χ3v) is 6.04. The number of aromatic nitrogens is 3. The molecule has 1 aliphatic carbocycles. The average molecular weight is 430 g/mol. The number of hydrogen-bond acceptors (Lipinski definition) is 5. The van der Waals surface area contributed by atoms with Crippen molar-refractivity contribution in [3.05, 3.63) is 76.0 Å². The monoisotopic (exact) mass is 429 g/mol. The number of anilines is 1. The molecule has 0 bridgehead atoms. The summed E-state index contributed by atoms with van der Waals surface area (Å²) in [6.07, 6.45) is 1.23. The van der Waals surface area contributed by atoms with Crippen LogP contribution in [0.1, 0.15) is 43.9 Å². The van der Waals surface area contributed by atoms with E-state index in [1.165, 1.54) is 0 Å². The highest BCUT2D eigenvalue weighted by Crippen LogP contribution is 2.45. The molecule has 1 atom stereocenters. The van der Waals surface area contributed by atoms with Crippen LogP contribution in [0.3, 0.4) is 0 Å². The molecule has 6 nitrogen and oxygen atoms in total. The Morgan fingerprint density at radius 3 is 2.52 bits per heavy atom. The molecule has 1 unspecified atom stereocenters. The van der Waals surface area contributed by atoms with Crippen LogP contribution in [-0.2, 0) is 4.79 Å². The number of halogens is 1. The predicted molar refractivity (Wildman–Crippen MR) is 118 cm³/mol. The lowest BCUT2D eigenvalue weighted by Gasteiger charge is -2.38. The van der Waals surface area contributed by atoms with Crippen LogP contribution in [0, 0.1) is 16.7 Å². The summed E-state index contributed by atoms with van der Waals surface area (Å²) in [5, 5.41) is 18.0. The van der Waals surface area contributed by atoms with E-state index in [-0.39, 0.29) is 11.2 Å². The minimum atomic E-state index is -0.392. The molecule has 1 aromatic heterocycles. The van der Waals surface area contributed by atoms with Crippen molar-refractivity contribution < 1.29 is 4.79 Å². The van der Waals surface area contributed by atoms with E-state index >= 15 is 0 Å². The molecule has 31 heavy (non-hydrogen) atoms. The maximum absolute atomic E-state index is 13.2. The molecule has 2 aromatic carbocycles. The minimum absolute atomic E-state index is 0.113. The molecule has 7 heteroatoms. The van der Waals surface area contributed by atoms with Crippen molar-refractivity contribution in [2.24, 2.45) is 5.41 Å². The van der Waals surface area contributed by atoms with Crippen molar-refractivity contribution >= 4 is 23.3 Å². The number of allylic oxidation sites excluding steroid dienone is 2. The van der Waals surface area contributed by atoms with Gasteiger partial charge in [0.15, 0.2) is 11.6 Å². The summed E-state index contributed by atoms with van der Waals surface area (Å²) in [7, 11) is 0. The smallest absolute Gasteiger partial charge is 0.226 e. The molecule has 0 saturated carbocycles. The third-order valence-electron chi connectivity index (χ3n) is 5.79. The zero-order valence-electron chi connectivity index (χ0n) is 17.2. The number of rotatable bonds is 2. The normalized spacial score (nSPS) is 19.3. The van der Waals surface area contributed by atoms with Crippen molar-refractivity contribution in [3.8, 4) is 17.5 Å². The molecule has 0 radical (unpaired) electrons. The maximum atomic E-state index is 13.2. The summed E-state index contributed by atoms with van der Waals surface area (Å²) >= 11 is 6.03. The van der Waals surface area contributed by atoms with Gasteiger partial charge in [0, 0.05) is 28.3 Å². The maximum Gasteiger partial charge on any atom is 0.226 e. The van der Waals surface area contributed by atoms with Crippen molar-refractivity contribution in [2.45, 2.75) is 32.7 Å². The number of carbonyl (C=O) groups is 1. The van der Waals surface area contributed by atoms with Gasteiger partial charge in [0.1, 0.15) is 6.04 Å². The molecule has 154 valence electrons. The van der Waals surface area contributed by atoms with E-state index in [1.54, 1.807) is 28.9 Å². The average Bonchev–Trinajstić information content (AvgIpc) is 3.15. The predicted octanol–water partition coefficient (Wildman–Crippen LogP) is 5.13. The molecule has 2 aliphatic rings. The zero-order chi connectivity index (χ0) is 21.8. The number of nitrogens with zero attached hydrogens (tertiary/aromatic N) is 4. The molecule has 1 N–H and O–H groups in total. The Bertz CT molecular complexity index is 1260. The lowest BCUT2D eigenvalue weighted by molar-refractivity contribution is -0.118. The Morgan fingerprint density at radius 1 is 1.13 bits per heavy atom. The molecule has 1 aliphatic heterocycles. The quantitative estimate of drug-likeness (QED) is 0.610. The van der Waals surface area contributed by atoms with E-state index in [2.05, 4.69) is 25.2 Å². The van der Waals surface area contributed by atoms with Crippen molar-refractivity contribution in [2.75, 3.05) is 5.32 Å². The molecule has 0 amide bonds. The topological polar surface area (TPSA) is 83.6 Å². The second-order valence-electron chi connectivity index (χ2n) is 8.80. The SMILES string of the molecule is CC1(C)CC(=O)C2=C(C1)Nc1nc(-c3ccc(Cl)cc3)nn1C2c1ccc(C#N)cc1. The Kier molecular flexibility index (Phi) is 4.45. The van der Waals surface area contributed by atoms with Gasteiger partial charge in [-0.25, -0.2) is 4.68 Å². The van der Waals surface area contributed by atoms with Gasteiger partial charge in [-0.05, 0) is 53.8 Å². The summed E-state index contributed by atoms with van der Waals surface area (Å²) in [6.45, 7) is 4.21. The van der Waals surface area contributed by atoms with E-state index in [4.69, 9.17) is 21.7 Å². The summed E-state index contributed by atoms with van der Waals surface area (Å²) < 4.78 is 1.78. The van der Waals surface area contributed by atoms with Gasteiger partial charge in [-0.2, -0.15) is 10.2 Å². The Labute approximate surface area is 185 Å². The van der Waals surface area contributed by atoms with Gasteiger partial charge in [-0.1, -0.05) is 37.6 Å². The summed E-state index contributed by atoms with van der Waals surface area (Å²) in [6, 6.07) is 16.4. The fourth-order valence-electron chi connectivity index (χ4n) is 4.38. The van der Waals surface area contributed by atoms with Gasteiger partial charge < -0.3 is 5.32 Å².